The number of ether oxygens (including phenoxy) is 1. The van der Waals surface area contributed by atoms with Gasteiger partial charge in [0.2, 0.25) is 0 Å². The highest BCUT2D eigenvalue weighted by Gasteiger charge is 2.24. The molecule has 0 N–H and O–H groups in total. The lowest BCUT2D eigenvalue weighted by molar-refractivity contribution is 0.0260. The van der Waals surface area contributed by atoms with E-state index in [0.717, 1.165) is 13.0 Å². The molecule has 1 aliphatic rings. The van der Waals surface area contributed by atoms with Gasteiger partial charge in [-0.15, -0.1) is 0 Å². The smallest absolute Gasteiger partial charge is 0.410 e. The standard InChI is InChI=1S/C12H21NO2/c1-9-6-7-13(8-10(9)2)11(14)15-12(3,4)5/h6-8H2,1-5H3. The van der Waals surface area contributed by atoms with Gasteiger partial charge in [-0.05, 0) is 41.0 Å². The van der Waals surface area contributed by atoms with Gasteiger partial charge in [0.25, 0.3) is 0 Å². The predicted molar refractivity (Wildman–Crippen MR) is 60.8 cm³/mol. The summed E-state index contributed by atoms with van der Waals surface area (Å²) in [5, 5.41) is 0. The summed E-state index contributed by atoms with van der Waals surface area (Å²) in [5.41, 5.74) is 2.28. The molecule has 1 aliphatic heterocycles. The van der Waals surface area contributed by atoms with E-state index >= 15 is 0 Å². The predicted octanol–water partition coefficient (Wildman–Crippen LogP) is 2.96. The number of carbonyl (C=O) groups is 1. The molecule has 0 unspecified atom stereocenters. The Balaban J connectivity index is 2.57. The molecule has 0 aliphatic carbocycles. The van der Waals surface area contributed by atoms with Crippen LogP contribution in [-0.2, 0) is 4.74 Å². The molecule has 3 nitrogen and oxygen atoms in total. The van der Waals surface area contributed by atoms with Crippen LogP contribution in [0, 0.1) is 0 Å². The van der Waals surface area contributed by atoms with E-state index in [1.54, 1.807) is 4.90 Å². The van der Waals surface area contributed by atoms with E-state index in [9.17, 15) is 4.79 Å². The van der Waals surface area contributed by atoms with Crippen LogP contribution in [0.3, 0.4) is 0 Å². The van der Waals surface area contributed by atoms with Gasteiger partial charge in [-0.2, -0.15) is 0 Å². The van der Waals surface area contributed by atoms with Gasteiger partial charge in [-0.25, -0.2) is 4.79 Å². The van der Waals surface area contributed by atoms with Gasteiger partial charge in [-0.1, -0.05) is 11.1 Å². The zero-order chi connectivity index (χ0) is 11.6. The Labute approximate surface area is 92.1 Å². The summed E-state index contributed by atoms with van der Waals surface area (Å²) in [5.74, 6) is 0. The number of carbonyl (C=O) groups excluding carboxylic acids is 1. The zero-order valence-electron chi connectivity index (χ0n) is 10.4. The van der Waals surface area contributed by atoms with Crippen LogP contribution in [-0.4, -0.2) is 29.7 Å². The Bertz CT molecular complexity index is 286. The fourth-order valence-electron chi connectivity index (χ4n) is 1.50. The van der Waals surface area contributed by atoms with Gasteiger partial charge >= 0.3 is 6.09 Å². The summed E-state index contributed by atoms with van der Waals surface area (Å²) < 4.78 is 5.33. The Morgan fingerprint density at radius 1 is 1.27 bits per heavy atom. The molecular weight excluding hydrogens is 190 g/mol. The average Bonchev–Trinajstić information content (AvgIpc) is 2.06. The van der Waals surface area contributed by atoms with Crippen LogP contribution in [0.4, 0.5) is 4.79 Å². The summed E-state index contributed by atoms with van der Waals surface area (Å²) in [6, 6.07) is 0. The molecule has 0 saturated heterocycles. The van der Waals surface area contributed by atoms with E-state index in [0.29, 0.717) is 6.54 Å². The van der Waals surface area contributed by atoms with E-state index in [1.807, 2.05) is 20.8 Å². The SMILES string of the molecule is CC1=C(C)CN(C(=O)OC(C)(C)C)CC1. The normalized spacial score (nSPS) is 18.1. The minimum atomic E-state index is -0.402. The molecule has 0 spiro atoms. The number of hydrogen-bond donors (Lipinski definition) is 0. The highest BCUT2D eigenvalue weighted by Crippen LogP contribution is 2.19. The van der Waals surface area contributed by atoms with E-state index in [4.69, 9.17) is 4.74 Å². The topological polar surface area (TPSA) is 29.5 Å². The molecule has 0 atom stereocenters. The third-order valence-electron chi connectivity index (χ3n) is 2.57. The minimum absolute atomic E-state index is 0.200. The van der Waals surface area contributed by atoms with Crippen molar-refractivity contribution in [3.8, 4) is 0 Å². The van der Waals surface area contributed by atoms with Gasteiger partial charge < -0.3 is 9.64 Å². The number of nitrogens with zero attached hydrogens (tertiary/aromatic N) is 1. The largest absolute Gasteiger partial charge is 0.444 e. The molecular formula is C12H21NO2. The van der Waals surface area contributed by atoms with Crippen molar-refractivity contribution in [3.05, 3.63) is 11.1 Å². The molecule has 0 fully saturated rings. The van der Waals surface area contributed by atoms with E-state index in [2.05, 4.69) is 13.8 Å². The van der Waals surface area contributed by atoms with Gasteiger partial charge in [-0.3, -0.25) is 0 Å². The lowest BCUT2D eigenvalue weighted by atomic mass is 10.0. The Kier molecular flexibility index (Phi) is 3.42. The summed E-state index contributed by atoms with van der Waals surface area (Å²) in [4.78, 5) is 13.5. The van der Waals surface area contributed by atoms with Crippen molar-refractivity contribution in [2.75, 3.05) is 13.1 Å². The van der Waals surface area contributed by atoms with E-state index < -0.39 is 5.60 Å². The number of amides is 1. The molecule has 1 amide bonds. The first-order valence-electron chi connectivity index (χ1n) is 5.43. The molecule has 86 valence electrons. The van der Waals surface area contributed by atoms with E-state index in [1.165, 1.54) is 11.1 Å². The highest BCUT2D eigenvalue weighted by molar-refractivity contribution is 5.68. The van der Waals surface area contributed by atoms with Gasteiger partial charge in [0, 0.05) is 13.1 Å². The Hall–Kier alpha value is -0.990. The summed E-state index contributed by atoms with van der Waals surface area (Å²) >= 11 is 0. The van der Waals surface area contributed by atoms with Crippen molar-refractivity contribution >= 4 is 6.09 Å². The average molecular weight is 211 g/mol. The third-order valence-corrected chi connectivity index (χ3v) is 2.57. The quantitative estimate of drug-likeness (QED) is 0.576. The van der Waals surface area contributed by atoms with Crippen molar-refractivity contribution in [3.63, 3.8) is 0 Å². The van der Waals surface area contributed by atoms with E-state index in [-0.39, 0.29) is 6.09 Å². The summed E-state index contributed by atoms with van der Waals surface area (Å²) in [6.45, 7) is 11.4. The molecule has 0 bridgehead atoms. The van der Waals surface area contributed by atoms with Gasteiger partial charge in [0.1, 0.15) is 5.60 Å². The molecule has 1 heterocycles. The molecule has 0 aromatic rings. The highest BCUT2D eigenvalue weighted by atomic mass is 16.6. The van der Waals surface area contributed by atoms with Crippen LogP contribution in [0.15, 0.2) is 11.1 Å². The van der Waals surface area contributed by atoms with Crippen LogP contribution in [0.25, 0.3) is 0 Å². The molecule has 3 heteroatoms. The van der Waals surface area contributed by atoms with Crippen LogP contribution >= 0.6 is 0 Å². The third kappa shape index (κ3) is 3.57. The zero-order valence-corrected chi connectivity index (χ0v) is 10.4. The summed E-state index contributed by atoms with van der Waals surface area (Å²) in [7, 11) is 0. The molecule has 0 radical (unpaired) electrons. The van der Waals surface area contributed by atoms with Crippen molar-refractivity contribution < 1.29 is 9.53 Å². The maximum Gasteiger partial charge on any atom is 0.410 e. The Morgan fingerprint density at radius 2 is 1.87 bits per heavy atom. The fourth-order valence-corrected chi connectivity index (χ4v) is 1.50. The molecule has 0 aromatic carbocycles. The monoisotopic (exact) mass is 211 g/mol. The summed E-state index contributed by atoms with van der Waals surface area (Å²) in [6.07, 6.45) is 0.764. The first kappa shape index (κ1) is 12.1. The maximum atomic E-state index is 11.7. The molecule has 0 saturated carbocycles. The van der Waals surface area contributed by atoms with Crippen LogP contribution < -0.4 is 0 Å². The first-order chi connectivity index (χ1) is 6.79. The minimum Gasteiger partial charge on any atom is -0.444 e. The second-order valence-electron chi connectivity index (χ2n) is 5.21. The number of hydrogen-bond acceptors (Lipinski definition) is 2. The fraction of sp³-hybridized carbons (Fsp3) is 0.750. The van der Waals surface area contributed by atoms with Crippen LogP contribution in [0.1, 0.15) is 41.0 Å². The maximum absolute atomic E-state index is 11.7. The van der Waals surface area contributed by atoms with Gasteiger partial charge in [0.15, 0.2) is 0 Å². The van der Waals surface area contributed by atoms with Crippen molar-refractivity contribution in [2.45, 2.75) is 46.6 Å². The molecule has 1 rings (SSSR count). The molecule has 0 aromatic heterocycles. The molecule has 15 heavy (non-hydrogen) atoms. The number of rotatable bonds is 0. The van der Waals surface area contributed by atoms with Crippen molar-refractivity contribution in [1.29, 1.82) is 0 Å². The second kappa shape index (κ2) is 4.25. The first-order valence-corrected chi connectivity index (χ1v) is 5.43. The van der Waals surface area contributed by atoms with Crippen molar-refractivity contribution in [2.24, 2.45) is 0 Å². The van der Waals surface area contributed by atoms with Crippen LogP contribution in [0.2, 0.25) is 0 Å². The Morgan fingerprint density at radius 3 is 2.33 bits per heavy atom. The lowest BCUT2D eigenvalue weighted by Crippen LogP contribution is -2.40. The lowest BCUT2D eigenvalue weighted by Gasteiger charge is -2.31. The van der Waals surface area contributed by atoms with Crippen molar-refractivity contribution in [1.82, 2.24) is 4.90 Å². The van der Waals surface area contributed by atoms with Gasteiger partial charge in [0.05, 0.1) is 0 Å². The van der Waals surface area contributed by atoms with Crippen LogP contribution in [0.5, 0.6) is 0 Å². The second-order valence-corrected chi connectivity index (χ2v) is 5.21.